The molecule has 2 heterocycles. The third-order valence-electron chi connectivity index (χ3n) is 11.2. The first-order chi connectivity index (χ1) is 21.4. The molecule has 1 N–H and O–H groups in total. The monoisotopic (exact) mass is 609 g/mol. The van der Waals surface area contributed by atoms with Gasteiger partial charge in [0.1, 0.15) is 17.9 Å². The SMILES string of the molecule is CO[C@H]1CC[C@H](CN(C[C@H]2CC[C@H](OC)CC2)C2CCCCC2Oc2ccc3c(c2)CN(C2CCC(=O)NC2=O)C3=O)CC1. The van der Waals surface area contributed by atoms with Gasteiger partial charge < -0.3 is 19.1 Å². The van der Waals surface area contributed by atoms with Crippen LogP contribution in [-0.4, -0.2) is 85.2 Å². The van der Waals surface area contributed by atoms with E-state index in [2.05, 4.69) is 10.2 Å². The Bertz CT molecular complexity index is 1150. The molecule has 1 aromatic carbocycles. The Hall–Kier alpha value is -2.49. The van der Waals surface area contributed by atoms with Crippen LogP contribution in [-0.2, 0) is 25.6 Å². The number of hydrogen-bond donors (Lipinski definition) is 1. The molecule has 3 unspecified atom stereocenters. The predicted octanol–water partition coefficient (Wildman–Crippen LogP) is 4.85. The molecule has 3 amide bonds. The van der Waals surface area contributed by atoms with Gasteiger partial charge in [-0.15, -0.1) is 0 Å². The summed E-state index contributed by atoms with van der Waals surface area (Å²) in [6.07, 6.45) is 15.7. The van der Waals surface area contributed by atoms with Crippen LogP contribution in [0.4, 0.5) is 0 Å². The molecule has 3 aliphatic carbocycles. The molecule has 0 spiro atoms. The van der Waals surface area contributed by atoms with E-state index >= 15 is 0 Å². The molecule has 1 saturated heterocycles. The summed E-state index contributed by atoms with van der Waals surface area (Å²) >= 11 is 0. The van der Waals surface area contributed by atoms with Crippen LogP contribution < -0.4 is 10.1 Å². The van der Waals surface area contributed by atoms with Crippen molar-refractivity contribution >= 4 is 17.7 Å². The zero-order chi connectivity index (χ0) is 30.6. The highest BCUT2D eigenvalue weighted by Crippen LogP contribution is 2.36. The van der Waals surface area contributed by atoms with E-state index < -0.39 is 6.04 Å². The summed E-state index contributed by atoms with van der Waals surface area (Å²) in [4.78, 5) is 41.8. The van der Waals surface area contributed by atoms with E-state index in [9.17, 15) is 14.4 Å². The smallest absolute Gasteiger partial charge is 0.255 e. The Balaban J connectivity index is 1.15. The topological polar surface area (TPSA) is 97.4 Å². The zero-order valence-electron chi connectivity index (χ0n) is 26.6. The third kappa shape index (κ3) is 7.15. The fourth-order valence-corrected chi connectivity index (χ4v) is 8.54. The highest BCUT2D eigenvalue weighted by Gasteiger charge is 2.40. The van der Waals surface area contributed by atoms with Gasteiger partial charge >= 0.3 is 0 Å². The fourth-order valence-electron chi connectivity index (χ4n) is 8.54. The van der Waals surface area contributed by atoms with Crippen molar-refractivity contribution in [1.29, 1.82) is 0 Å². The fraction of sp³-hybridized carbons (Fsp3) is 0.743. The van der Waals surface area contributed by atoms with E-state index in [0.717, 1.165) is 62.9 Å². The quantitative estimate of drug-likeness (QED) is 0.379. The lowest BCUT2D eigenvalue weighted by atomic mass is 9.83. The number of nitrogens with zero attached hydrogens (tertiary/aromatic N) is 2. The highest BCUT2D eigenvalue weighted by atomic mass is 16.5. The Morgan fingerprint density at radius 2 is 1.45 bits per heavy atom. The second-order valence-corrected chi connectivity index (χ2v) is 13.9. The van der Waals surface area contributed by atoms with E-state index in [-0.39, 0.29) is 30.2 Å². The second kappa shape index (κ2) is 14.3. The normalized spacial score (nSPS) is 32.9. The van der Waals surface area contributed by atoms with Gasteiger partial charge in [0.25, 0.3) is 5.91 Å². The van der Waals surface area contributed by atoms with Crippen molar-refractivity contribution in [3.8, 4) is 5.75 Å². The standard InChI is InChI=1S/C35H51N3O6/c1-42-26-11-7-23(8-12-26)20-37(21-24-9-13-27(43-2)14-10-24)30-5-3-4-6-32(30)44-28-15-16-29-25(19-28)22-38(35(29)41)31-17-18-33(39)36-34(31)40/h15-16,19,23-24,26-27,30-32H,3-14,17-18,20-22H2,1-2H3,(H,36,39,40)/t23-,24-,26-,27-,30?,31?,32?. The maximum atomic E-state index is 13.2. The summed E-state index contributed by atoms with van der Waals surface area (Å²) in [6, 6.07) is 5.56. The molecule has 6 rings (SSSR count). The van der Waals surface area contributed by atoms with Crippen molar-refractivity contribution in [2.24, 2.45) is 11.8 Å². The molecule has 44 heavy (non-hydrogen) atoms. The first-order valence-corrected chi connectivity index (χ1v) is 17.2. The number of carbonyl (C=O) groups excluding carboxylic acids is 3. The molecule has 242 valence electrons. The van der Waals surface area contributed by atoms with Crippen molar-refractivity contribution in [2.45, 2.75) is 127 Å². The van der Waals surface area contributed by atoms with Crippen molar-refractivity contribution in [2.75, 3.05) is 27.3 Å². The second-order valence-electron chi connectivity index (χ2n) is 13.9. The van der Waals surface area contributed by atoms with Crippen LogP contribution >= 0.6 is 0 Å². The van der Waals surface area contributed by atoms with Gasteiger partial charge in [-0.25, -0.2) is 0 Å². The van der Waals surface area contributed by atoms with Crippen LogP contribution in [0.25, 0.3) is 0 Å². The number of carbonyl (C=O) groups is 3. The molecule has 0 radical (unpaired) electrons. The summed E-state index contributed by atoms with van der Waals surface area (Å²) in [5, 5.41) is 2.39. The molecular formula is C35H51N3O6. The Labute approximate surface area is 262 Å². The summed E-state index contributed by atoms with van der Waals surface area (Å²) in [6.45, 7) is 2.63. The first-order valence-electron chi connectivity index (χ1n) is 17.2. The Morgan fingerprint density at radius 3 is 2.07 bits per heavy atom. The molecule has 3 saturated carbocycles. The molecule has 0 aromatic heterocycles. The molecular weight excluding hydrogens is 558 g/mol. The lowest BCUT2D eigenvalue weighted by Gasteiger charge is -2.44. The van der Waals surface area contributed by atoms with Crippen molar-refractivity contribution < 1.29 is 28.6 Å². The van der Waals surface area contributed by atoms with Gasteiger partial charge in [-0.1, -0.05) is 6.42 Å². The molecule has 2 aliphatic heterocycles. The molecule has 3 atom stereocenters. The lowest BCUT2D eigenvalue weighted by Crippen LogP contribution is -2.52. The maximum Gasteiger partial charge on any atom is 0.255 e. The average molecular weight is 610 g/mol. The van der Waals surface area contributed by atoms with Crippen LogP contribution in [0.5, 0.6) is 5.75 Å². The zero-order valence-corrected chi connectivity index (χ0v) is 26.6. The van der Waals surface area contributed by atoms with E-state index in [0.29, 0.717) is 48.6 Å². The molecule has 9 heteroatoms. The van der Waals surface area contributed by atoms with Crippen molar-refractivity contribution in [3.05, 3.63) is 29.3 Å². The van der Waals surface area contributed by atoms with Gasteiger partial charge in [-0.2, -0.15) is 0 Å². The lowest BCUT2D eigenvalue weighted by molar-refractivity contribution is -0.136. The Morgan fingerprint density at radius 1 is 0.818 bits per heavy atom. The van der Waals surface area contributed by atoms with Crippen LogP contribution in [0.2, 0.25) is 0 Å². The number of methoxy groups -OCH3 is 2. The minimum atomic E-state index is -0.605. The maximum absolute atomic E-state index is 13.2. The summed E-state index contributed by atoms with van der Waals surface area (Å²) in [5.74, 6) is 1.41. The van der Waals surface area contributed by atoms with Crippen molar-refractivity contribution in [3.63, 3.8) is 0 Å². The van der Waals surface area contributed by atoms with E-state index in [1.54, 1.807) is 4.90 Å². The number of fused-ring (bicyclic) bond motifs is 1. The van der Waals surface area contributed by atoms with Gasteiger partial charge in [0.15, 0.2) is 0 Å². The number of piperidine rings is 1. The number of amides is 3. The van der Waals surface area contributed by atoms with E-state index in [1.165, 1.54) is 38.5 Å². The van der Waals surface area contributed by atoms with Gasteiger partial charge in [0.2, 0.25) is 11.8 Å². The molecule has 4 fully saturated rings. The van der Waals surface area contributed by atoms with Crippen molar-refractivity contribution in [1.82, 2.24) is 15.1 Å². The van der Waals surface area contributed by atoms with Gasteiger partial charge in [0, 0.05) is 51.9 Å². The molecule has 9 nitrogen and oxygen atoms in total. The summed E-state index contributed by atoms with van der Waals surface area (Å²) < 4.78 is 18.2. The minimum Gasteiger partial charge on any atom is -0.489 e. The number of hydrogen-bond acceptors (Lipinski definition) is 7. The van der Waals surface area contributed by atoms with E-state index in [4.69, 9.17) is 14.2 Å². The van der Waals surface area contributed by atoms with E-state index in [1.807, 2.05) is 32.4 Å². The van der Waals surface area contributed by atoms with Crippen LogP contribution in [0, 0.1) is 11.8 Å². The molecule has 0 bridgehead atoms. The predicted molar refractivity (Wildman–Crippen MR) is 166 cm³/mol. The van der Waals surface area contributed by atoms with Gasteiger partial charge in [0.05, 0.1) is 12.2 Å². The Kier molecular flexibility index (Phi) is 10.2. The molecule has 1 aromatic rings. The number of imide groups is 1. The number of ether oxygens (including phenoxy) is 3. The largest absolute Gasteiger partial charge is 0.489 e. The first kappa shape index (κ1) is 31.5. The number of benzene rings is 1. The summed E-state index contributed by atoms with van der Waals surface area (Å²) in [5.41, 5.74) is 1.52. The minimum absolute atomic E-state index is 0.107. The van der Waals surface area contributed by atoms with Gasteiger partial charge in [-0.05, 0) is 113 Å². The third-order valence-corrected chi connectivity index (χ3v) is 11.2. The van der Waals surface area contributed by atoms with Gasteiger partial charge in [-0.3, -0.25) is 24.6 Å². The highest BCUT2D eigenvalue weighted by molar-refractivity contribution is 6.05. The summed E-state index contributed by atoms with van der Waals surface area (Å²) in [7, 11) is 3.69. The number of nitrogens with one attached hydrogen (secondary N) is 1. The van der Waals surface area contributed by atoms with Crippen LogP contribution in [0.1, 0.15) is 106 Å². The van der Waals surface area contributed by atoms with Crippen LogP contribution in [0.15, 0.2) is 18.2 Å². The molecule has 5 aliphatic rings. The number of rotatable bonds is 10. The van der Waals surface area contributed by atoms with Crippen LogP contribution in [0.3, 0.4) is 0 Å². The average Bonchev–Trinajstić information content (AvgIpc) is 3.36.